The van der Waals surface area contributed by atoms with Crippen LogP contribution in [0, 0.1) is 0 Å². The molecule has 3 N–H and O–H groups in total. The number of hydrogen-bond acceptors (Lipinski definition) is 6. The van der Waals surface area contributed by atoms with E-state index in [9.17, 15) is 14.4 Å². The number of hydrogen-bond donors (Lipinski definition) is 3. The van der Waals surface area contributed by atoms with Gasteiger partial charge in [0.25, 0.3) is 0 Å². The van der Waals surface area contributed by atoms with Crippen LogP contribution >= 0.6 is 11.6 Å². The van der Waals surface area contributed by atoms with E-state index in [1.807, 2.05) is 6.07 Å². The average Bonchev–Trinajstić information content (AvgIpc) is 3.22. The normalized spacial score (nSPS) is 15.8. The summed E-state index contributed by atoms with van der Waals surface area (Å²) in [6.45, 7) is 1.45. The lowest BCUT2D eigenvalue weighted by Crippen LogP contribution is -2.47. The number of para-hydroxylation sites is 1. The number of esters is 2. The van der Waals surface area contributed by atoms with Crippen molar-refractivity contribution in [1.29, 1.82) is 0 Å². The van der Waals surface area contributed by atoms with Gasteiger partial charge in [0, 0.05) is 10.4 Å². The summed E-state index contributed by atoms with van der Waals surface area (Å²) in [4.78, 5) is 37.7. The summed E-state index contributed by atoms with van der Waals surface area (Å²) in [6.07, 6.45) is 0. The molecule has 1 aromatic heterocycles. The van der Waals surface area contributed by atoms with Crippen molar-refractivity contribution in [2.24, 2.45) is 0 Å². The number of halogens is 1. The number of H-pyrrole nitrogens is 1. The number of amides is 2. The number of aromatic amines is 1. The number of carbonyl (C=O) groups excluding carboxylic acids is 3. The van der Waals surface area contributed by atoms with E-state index in [1.54, 1.807) is 49.4 Å². The fraction of sp³-hybridized carbons (Fsp3) is 0.182. The summed E-state index contributed by atoms with van der Waals surface area (Å²) < 4.78 is 10.6. The van der Waals surface area contributed by atoms with E-state index in [0.29, 0.717) is 21.5 Å². The highest BCUT2D eigenvalue weighted by Crippen LogP contribution is 2.29. The molecular formula is C22H19ClN4O5. The molecule has 0 saturated carbocycles. The number of carbonyl (C=O) groups is 3. The molecule has 1 atom stereocenters. The van der Waals surface area contributed by atoms with Gasteiger partial charge in [0.2, 0.25) is 0 Å². The van der Waals surface area contributed by atoms with E-state index in [1.165, 1.54) is 0 Å². The van der Waals surface area contributed by atoms with Crippen molar-refractivity contribution in [3.8, 4) is 0 Å². The second-order valence-electron chi connectivity index (χ2n) is 6.89. The molecule has 2 amide bonds. The lowest BCUT2D eigenvalue weighted by atomic mass is 9.95. The van der Waals surface area contributed by atoms with Crippen molar-refractivity contribution in [1.82, 2.24) is 20.8 Å². The third-order valence-corrected chi connectivity index (χ3v) is 5.12. The Morgan fingerprint density at radius 1 is 1.06 bits per heavy atom. The molecular weight excluding hydrogens is 436 g/mol. The fourth-order valence-electron chi connectivity index (χ4n) is 3.41. The largest absolute Gasteiger partial charge is 0.463 e. The SMILES string of the molecule is CCOC(=O)C1=C(COC(=O)c2n[nH]c3ccccc23)NC(=O)NC1c1ccc(Cl)cc1. The Balaban J connectivity index is 1.65. The molecule has 10 heteroatoms. The van der Waals surface area contributed by atoms with Crippen LogP contribution in [0.15, 0.2) is 59.8 Å². The molecule has 0 bridgehead atoms. The topological polar surface area (TPSA) is 122 Å². The Bertz CT molecular complexity index is 1220. The molecule has 32 heavy (non-hydrogen) atoms. The Kier molecular flexibility index (Phi) is 6.09. The zero-order chi connectivity index (χ0) is 22.7. The van der Waals surface area contributed by atoms with Gasteiger partial charge in [0.15, 0.2) is 5.69 Å². The van der Waals surface area contributed by atoms with Crippen molar-refractivity contribution >= 4 is 40.5 Å². The minimum Gasteiger partial charge on any atom is -0.463 e. The monoisotopic (exact) mass is 454 g/mol. The third kappa shape index (κ3) is 4.28. The summed E-state index contributed by atoms with van der Waals surface area (Å²) in [5.41, 5.74) is 1.67. The quantitative estimate of drug-likeness (QED) is 0.491. The number of ether oxygens (including phenoxy) is 2. The summed E-state index contributed by atoms with van der Waals surface area (Å²) in [7, 11) is 0. The third-order valence-electron chi connectivity index (χ3n) is 4.86. The number of rotatable bonds is 6. The minimum atomic E-state index is -0.806. The van der Waals surface area contributed by atoms with Crippen LogP contribution < -0.4 is 10.6 Å². The highest BCUT2D eigenvalue weighted by molar-refractivity contribution is 6.30. The van der Waals surface area contributed by atoms with E-state index < -0.39 is 24.0 Å². The molecule has 0 aliphatic carbocycles. The average molecular weight is 455 g/mol. The molecule has 9 nitrogen and oxygen atoms in total. The number of urea groups is 1. The van der Waals surface area contributed by atoms with Crippen LogP contribution in [0.3, 0.4) is 0 Å². The minimum absolute atomic E-state index is 0.105. The molecule has 164 valence electrons. The van der Waals surface area contributed by atoms with Crippen molar-refractivity contribution in [2.75, 3.05) is 13.2 Å². The lowest BCUT2D eigenvalue weighted by Gasteiger charge is -2.29. The van der Waals surface area contributed by atoms with Gasteiger partial charge in [-0.3, -0.25) is 5.10 Å². The van der Waals surface area contributed by atoms with Crippen LogP contribution in [-0.2, 0) is 14.3 Å². The summed E-state index contributed by atoms with van der Waals surface area (Å²) in [5, 5.41) is 13.1. The molecule has 2 heterocycles. The van der Waals surface area contributed by atoms with E-state index in [4.69, 9.17) is 21.1 Å². The first-order valence-electron chi connectivity index (χ1n) is 9.81. The number of nitrogens with zero attached hydrogens (tertiary/aromatic N) is 1. The Hall–Kier alpha value is -3.85. The fourth-order valence-corrected chi connectivity index (χ4v) is 3.54. The maximum Gasteiger partial charge on any atom is 0.359 e. The van der Waals surface area contributed by atoms with Crippen LogP contribution in [0.2, 0.25) is 5.02 Å². The molecule has 0 spiro atoms. The molecule has 0 saturated heterocycles. The number of aromatic nitrogens is 2. The molecule has 0 radical (unpaired) electrons. The van der Waals surface area contributed by atoms with Gasteiger partial charge in [-0.25, -0.2) is 14.4 Å². The van der Waals surface area contributed by atoms with Gasteiger partial charge < -0.3 is 20.1 Å². The molecule has 1 unspecified atom stereocenters. The summed E-state index contributed by atoms with van der Waals surface area (Å²) >= 11 is 5.96. The molecule has 3 aromatic rings. The van der Waals surface area contributed by atoms with Crippen molar-refractivity contribution in [3.63, 3.8) is 0 Å². The first-order chi connectivity index (χ1) is 15.5. The van der Waals surface area contributed by atoms with Crippen LogP contribution in [0.5, 0.6) is 0 Å². The van der Waals surface area contributed by atoms with Crippen LogP contribution in [0.1, 0.15) is 29.0 Å². The first-order valence-corrected chi connectivity index (χ1v) is 10.2. The van der Waals surface area contributed by atoms with E-state index in [0.717, 1.165) is 0 Å². The van der Waals surface area contributed by atoms with Crippen LogP contribution in [0.4, 0.5) is 4.79 Å². The Morgan fingerprint density at radius 2 is 1.81 bits per heavy atom. The number of fused-ring (bicyclic) bond motifs is 1. The van der Waals surface area contributed by atoms with Crippen LogP contribution in [0.25, 0.3) is 10.9 Å². The molecule has 0 fully saturated rings. The van der Waals surface area contributed by atoms with Gasteiger partial charge in [-0.1, -0.05) is 41.9 Å². The second-order valence-corrected chi connectivity index (χ2v) is 7.33. The maximum absolute atomic E-state index is 12.8. The molecule has 4 rings (SSSR count). The van der Waals surface area contributed by atoms with E-state index >= 15 is 0 Å². The van der Waals surface area contributed by atoms with Gasteiger partial charge in [-0.05, 0) is 30.7 Å². The lowest BCUT2D eigenvalue weighted by molar-refractivity contribution is -0.139. The molecule has 1 aliphatic rings. The van der Waals surface area contributed by atoms with Crippen LogP contribution in [-0.4, -0.2) is 41.4 Å². The van der Waals surface area contributed by atoms with Gasteiger partial charge in [0.05, 0.1) is 29.4 Å². The predicted molar refractivity (Wildman–Crippen MR) is 116 cm³/mol. The van der Waals surface area contributed by atoms with E-state index in [2.05, 4.69) is 20.8 Å². The Morgan fingerprint density at radius 3 is 2.56 bits per heavy atom. The van der Waals surface area contributed by atoms with Gasteiger partial charge in [-0.15, -0.1) is 0 Å². The van der Waals surface area contributed by atoms with Gasteiger partial charge in [-0.2, -0.15) is 5.10 Å². The summed E-state index contributed by atoms with van der Waals surface area (Å²) in [6, 6.07) is 12.4. The predicted octanol–water partition coefficient (Wildman–Crippen LogP) is 3.24. The number of nitrogens with one attached hydrogen (secondary N) is 3. The molecule has 2 aromatic carbocycles. The van der Waals surface area contributed by atoms with E-state index in [-0.39, 0.29) is 30.2 Å². The maximum atomic E-state index is 12.8. The highest BCUT2D eigenvalue weighted by Gasteiger charge is 2.34. The van der Waals surface area contributed by atoms with Crippen molar-refractivity contribution in [2.45, 2.75) is 13.0 Å². The molecule has 1 aliphatic heterocycles. The second kappa shape index (κ2) is 9.11. The zero-order valence-electron chi connectivity index (χ0n) is 17.0. The number of benzene rings is 2. The van der Waals surface area contributed by atoms with Crippen molar-refractivity contribution in [3.05, 3.63) is 76.1 Å². The Labute approximate surface area is 187 Å². The summed E-state index contributed by atoms with van der Waals surface area (Å²) in [5.74, 6) is -1.34. The van der Waals surface area contributed by atoms with Gasteiger partial charge >= 0.3 is 18.0 Å². The standard InChI is InChI=1S/C22H19ClN4O5/c1-2-31-20(28)17-16(24-22(30)25-18(17)12-7-9-13(23)10-8-12)11-32-21(29)19-14-5-3-4-6-15(14)26-27-19/h3-10,18H,2,11H2,1H3,(H,26,27)(H2,24,25,30). The first kappa shape index (κ1) is 21.4. The zero-order valence-corrected chi connectivity index (χ0v) is 17.7. The highest BCUT2D eigenvalue weighted by atomic mass is 35.5. The van der Waals surface area contributed by atoms with Crippen molar-refractivity contribution < 1.29 is 23.9 Å². The van der Waals surface area contributed by atoms with Gasteiger partial charge in [0.1, 0.15) is 6.61 Å². The smallest absolute Gasteiger partial charge is 0.359 e.